The third-order valence-electron chi connectivity index (χ3n) is 5.13. The number of piperidine rings is 1. The number of hydrogen-bond acceptors (Lipinski definition) is 4. The van der Waals surface area contributed by atoms with E-state index in [0.717, 1.165) is 37.3 Å². The minimum Gasteiger partial charge on any atom is -0.316 e. The number of hydrogen-bond donors (Lipinski definition) is 1. The van der Waals surface area contributed by atoms with E-state index in [1.54, 1.807) is 0 Å². The second kappa shape index (κ2) is 5.97. The van der Waals surface area contributed by atoms with E-state index in [9.17, 15) is 0 Å². The molecule has 2 aliphatic rings. The van der Waals surface area contributed by atoms with Crippen LogP contribution in [0.25, 0.3) is 11.2 Å². The molecule has 5 nitrogen and oxygen atoms in total. The molecule has 2 aliphatic heterocycles. The van der Waals surface area contributed by atoms with Crippen LogP contribution in [0, 0.1) is 5.92 Å². The van der Waals surface area contributed by atoms with Crippen molar-refractivity contribution in [2.24, 2.45) is 5.92 Å². The van der Waals surface area contributed by atoms with Crippen molar-refractivity contribution in [1.29, 1.82) is 0 Å². The second-order valence-electron chi connectivity index (χ2n) is 6.89. The Bertz CT molecular complexity index is 644. The summed E-state index contributed by atoms with van der Waals surface area (Å²) in [7, 11) is 2.22. The summed E-state index contributed by atoms with van der Waals surface area (Å²) in [6, 6.07) is 4.09. The molecule has 2 aromatic heterocycles. The Labute approximate surface area is 131 Å². The van der Waals surface area contributed by atoms with Crippen LogP contribution < -0.4 is 5.32 Å². The van der Waals surface area contributed by atoms with Crippen LogP contribution in [0.4, 0.5) is 0 Å². The van der Waals surface area contributed by atoms with Crippen LogP contribution in [0.5, 0.6) is 0 Å². The Morgan fingerprint density at radius 1 is 1.36 bits per heavy atom. The third kappa shape index (κ3) is 2.63. The number of imidazole rings is 1. The van der Waals surface area contributed by atoms with Crippen molar-refractivity contribution in [1.82, 2.24) is 24.8 Å². The highest BCUT2D eigenvalue weighted by Crippen LogP contribution is 2.29. The lowest BCUT2D eigenvalue weighted by molar-refractivity contribution is 0.242. The summed E-state index contributed by atoms with van der Waals surface area (Å²) in [5.41, 5.74) is 2.12. The van der Waals surface area contributed by atoms with Crippen LogP contribution in [-0.4, -0.2) is 52.7 Å². The summed E-state index contributed by atoms with van der Waals surface area (Å²) < 4.78 is 2.41. The lowest BCUT2D eigenvalue weighted by Gasteiger charge is -2.30. The van der Waals surface area contributed by atoms with E-state index in [1.807, 2.05) is 12.3 Å². The third-order valence-corrected chi connectivity index (χ3v) is 5.13. The predicted molar refractivity (Wildman–Crippen MR) is 88.0 cm³/mol. The summed E-state index contributed by atoms with van der Waals surface area (Å²) >= 11 is 0. The maximum absolute atomic E-state index is 4.97. The predicted octanol–water partition coefficient (Wildman–Crippen LogP) is 1.85. The number of nitrogens with zero attached hydrogens (tertiary/aromatic N) is 4. The maximum atomic E-state index is 4.97. The van der Waals surface area contributed by atoms with E-state index in [-0.39, 0.29) is 0 Å². The summed E-state index contributed by atoms with van der Waals surface area (Å²) in [5, 5.41) is 3.48. The van der Waals surface area contributed by atoms with Crippen molar-refractivity contribution in [3.8, 4) is 0 Å². The Balaban J connectivity index is 1.71. The number of likely N-dealkylation sites (N-methyl/N-ethyl adjacent to an activating group) is 1. The van der Waals surface area contributed by atoms with Crippen molar-refractivity contribution in [2.45, 2.75) is 31.7 Å². The van der Waals surface area contributed by atoms with Crippen LogP contribution in [0.3, 0.4) is 0 Å². The molecule has 118 valence electrons. The zero-order chi connectivity index (χ0) is 14.9. The standard InChI is InChI=1S/C17H25N5/c1-21-9-3-4-14(12-21)16-20-15-5-2-7-19-17(15)22(16)11-13-6-8-18-10-13/h2,5,7,13-14,18H,3-4,6,8-12H2,1H3. The summed E-state index contributed by atoms with van der Waals surface area (Å²) in [5.74, 6) is 2.51. The lowest BCUT2D eigenvalue weighted by Crippen LogP contribution is -2.32. The number of pyridine rings is 1. The zero-order valence-corrected chi connectivity index (χ0v) is 13.3. The van der Waals surface area contributed by atoms with Crippen LogP contribution in [0.2, 0.25) is 0 Å². The molecule has 0 saturated carbocycles. The first-order chi connectivity index (χ1) is 10.8. The zero-order valence-electron chi connectivity index (χ0n) is 13.3. The van der Waals surface area contributed by atoms with Crippen molar-refractivity contribution in [2.75, 3.05) is 33.2 Å². The molecule has 4 rings (SSSR count). The average molecular weight is 299 g/mol. The van der Waals surface area contributed by atoms with E-state index in [4.69, 9.17) is 4.98 Å². The lowest BCUT2D eigenvalue weighted by atomic mass is 9.97. The minimum absolute atomic E-state index is 0.544. The van der Waals surface area contributed by atoms with Crippen LogP contribution >= 0.6 is 0 Å². The Morgan fingerprint density at radius 2 is 2.32 bits per heavy atom. The van der Waals surface area contributed by atoms with Crippen LogP contribution in [-0.2, 0) is 6.54 Å². The number of fused-ring (bicyclic) bond motifs is 1. The van der Waals surface area contributed by atoms with Crippen molar-refractivity contribution in [3.05, 3.63) is 24.2 Å². The molecular formula is C17H25N5. The SMILES string of the molecule is CN1CCCC(c2nc3cccnc3n2CC2CCNC2)C1. The molecule has 5 heteroatoms. The van der Waals surface area contributed by atoms with Gasteiger partial charge in [0.15, 0.2) is 5.65 Å². The molecule has 2 fully saturated rings. The van der Waals surface area contributed by atoms with Gasteiger partial charge in [-0.25, -0.2) is 9.97 Å². The molecular weight excluding hydrogens is 274 g/mol. The van der Waals surface area contributed by atoms with Crippen molar-refractivity contribution in [3.63, 3.8) is 0 Å². The molecule has 0 bridgehead atoms. The monoisotopic (exact) mass is 299 g/mol. The smallest absolute Gasteiger partial charge is 0.160 e. The van der Waals surface area contributed by atoms with Gasteiger partial charge in [-0.3, -0.25) is 0 Å². The average Bonchev–Trinajstić information content (AvgIpc) is 3.16. The molecule has 4 heterocycles. The Morgan fingerprint density at radius 3 is 3.14 bits per heavy atom. The van der Waals surface area contributed by atoms with E-state index < -0.39 is 0 Å². The Hall–Kier alpha value is -1.46. The van der Waals surface area contributed by atoms with Gasteiger partial charge in [0, 0.05) is 25.2 Å². The minimum atomic E-state index is 0.544. The molecule has 1 N–H and O–H groups in total. The quantitative estimate of drug-likeness (QED) is 0.939. The van der Waals surface area contributed by atoms with Gasteiger partial charge in [0.2, 0.25) is 0 Å². The largest absolute Gasteiger partial charge is 0.316 e. The molecule has 2 saturated heterocycles. The van der Waals surface area contributed by atoms with Gasteiger partial charge in [0.1, 0.15) is 11.3 Å². The normalized spacial score (nSPS) is 26.8. The van der Waals surface area contributed by atoms with Gasteiger partial charge < -0.3 is 14.8 Å². The summed E-state index contributed by atoms with van der Waals surface area (Å²) in [6.45, 7) is 5.65. The molecule has 0 aliphatic carbocycles. The van der Waals surface area contributed by atoms with Gasteiger partial charge in [0.05, 0.1) is 0 Å². The van der Waals surface area contributed by atoms with E-state index in [1.165, 1.54) is 31.6 Å². The van der Waals surface area contributed by atoms with Crippen LogP contribution in [0.15, 0.2) is 18.3 Å². The van der Waals surface area contributed by atoms with Crippen LogP contribution in [0.1, 0.15) is 31.0 Å². The fraction of sp³-hybridized carbons (Fsp3) is 0.647. The van der Waals surface area contributed by atoms with E-state index in [2.05, 4.69) is 32.9 Å². The van der Waals surface area contributed by atoms with Crippen molar-refractivity contribution < 1.29 is 0 Å². The van der Waals surface area contributed by atoms with E-state index in [0.29, 0.717) is 11.8 Å². The fourth-order valence-electron chi connectivity index (χ4n) is 3.97. The first kappa shape index (κ1) is 14.2. The molecule has 0 amide bonds. The number of nitrogens with one attached hydrogen (secondary N) is 1. The topological polar surface area (TPSA) is 46.0 Å². The summed E-state index contributed by atoms with van der Waals surface area (Å²) in [4.78, 5) is 12.0. The fourth-order valence-corrected chi connectivity index (χ4v) is 3.97. The summed E-state index contributed by atoms with van der Waals surface area (Å²) in [6.07, 6.45) is 5.67. The molecule has 0 radical (unpaired) electrons. The highest BCUT2D eigenvalue weighted by atomic mass is 15.2. The van der Waals surface area contributed by atoms with Gasteiger partial charge in [-0.2, -0.15) is 0 Å². The maximum Gasteiger partial charge on any atom is 0.160 e. The molecule has 22 heavy (non-hydrogen) atoms. The highest BCUT2D eigenvalue weighted by molar-refractivity contribution is 5.71. The molecule has 2 unspecified atom stereocenters. The van der Waals surface area contributed by atoms with Crippen molar-refractivity contribution >= 4 is 11.2 Å². The first-order valence-electron chi connectivity index (χ1n) is 8.51. The molecule has 2 atom stereocenters. The van der Waals surface area contributed by atoms with Gasteiger partial charge in [-0.1, -0.05) is 0 Å². The molecule has 0 aromatic carbocycles. The second-order valence-corrected chi connectivity index (χ2v) is 6.89. The Kier molecular flexibility index (Phi) is 3.84. The highest BCUT2D eigenvalue weighted by Gasteiger charge is 2.26. The number of rotatable bonds is 3. The van der Waals surface area contributed by atoms with Gasteiger partial charge >= 0.3 is 0 Å². The van der Waals surface area contributed by atoms with E-state index >= 15 is 0 Å². The number of aromatic nitrogens is 3. The van der Waals surface area contributed by atoms with Gasteiger partial charge in [0.25, 0.3) is 0 Å². The molecule has 2 aromatic rings. The first-order valence-corrected chi connectivity index (χ1v) is 8.51. The van der Waals surface area contributed by atoms with Gasteiger partial charge in [-0.05, 0) is 64.0 Å². The van der Waals surface area contributed by atoms with Gasteiger partial charge in [-0.15, -0.1) is 0 Å². The number of likely N-dealkylation sites (tertiary alicyclic amines) is 1. The molecule has 0 spiro atoms.